The normalized spacial score (nSPS) is 12.2. The molecule has 2 rings (SSSR count). The summed E-state index contributed by atoms with van der Waals surface area (Å²) in [5.74, 6) is -0.157. The van der Waals surface area contributed by atoms with Crippen LogP contribution in [-0.4, -0.2) is 15.5 Å². The molecule has 2 aromatic rings. The van der Waals surface area contributed by atoms with Crippen LogP contribution in [0.4, 0.5) is 5.69 Å². The molecular formula is C13H14BrN3O. The van der Waals surface area contributed by atoms with Crippen molar-refractivity contribution in [3.8, 4) is 0 Å². The molecule has 5 heteroatoms. The number of nitrogens with zero attached hydrogens (tertiary/aromatic N) is 2. The maximum Gasteiger partial charge on any atom is 0.273 e. The first-order valence-electron chi connectivity index (χ1n) is 5.60. The van der Waals surface area contributed by atoms with Crippen molar-refractivity contribution in [3.05, 3.63) is 48.0 Å². The van der Waals surface area contributed by atoms with Crippen LogP contribution in [0.15, 0.2) is 36.8 Å². The van der Waals surface area contributed by atoms with Crippen LogP contribution in [0.1, 0.15) is 27.8 Å². The Kier molecular flexibility index (Phi) is 3.81. The zero-order chi connectivity index (χ0) is 13.1. The SMILES string of the molecule is CC(Br)c1ccccc1NC(=O)c1cncn1C. The fraction of sp³-hybridized carbons (Fsp3) is 0.231. The highest BCUT2D eigenvalue weighted by atomic mass is 79.9. The zero-order valence-electron chi connectivity index (χ0n) is 10.2. The maximum atomic E-state index is 12.1. The number of nitrogens with one attached hydrogen (secondary N) is 1. The number of aromatic nitrogens is 2. The number of carbonyl (C=O) groups is 1. The van der Waals surface area contributed by atoms with Crippen molar-refractivity contribution < 1.29 is 4.79 Å². The summed E-state index contributed by atoms with van der Waals surface area (Å²) < 4.78 is 1.69. The fourth-order valence-corrected chi connectivity index (χ4v) is 2.12. The number of amides is 1. The molecule has 1 N–H and O–H groups in total. The lowest BCUT2D eigenvalue weighted by Gasteiger charge is -2.12. The number of rotatable bonds is 3. The van der Waals surface area contributed by atoms with E-state index in [0.717, 1.165) is 11.3 Å². The Morgan fingerprint density at radius 2 is 2.17 bits per heavy atom. The van der Waals surface area contributed by atoms with Crippen LogP contribution in [0.2, 0.25) is 0 Å². The van der Waals surface area contributed by atoms with Crippen molar-refractivity contribution in [1.29, 1.82) is 0 Å². The van der Waals surface area contributed by atoms with Crippen LogP contribution < -0.4 is 5.32 Å². The third-order valence-electron chi connectivity index (χ3n) is 2.69. The first-order chi connectivity index (χ1) is 8.59. The molecule has 0 aliphatic heterocycles. The molecule has 0 saturated carbocycles. The van der Waals surface area contributed by atoms with E-state index in [9.17, 15) is 4.79 Å². The van der Waals surface area contributed by atoms with Gasteiger partial charge in [0.05, 0.1) is 12.5 Å². The van der Waals surface area contributed by atoms with Crippen LogP contribution in [0.25, 0.3) is 0 Å². The van der Waals surface area contributed by atoms with Crippen molar-refractivity contribution in [2.75, 3.05) is 5.32 Å². The second-order valence-electron chi connectivity index (χ2n) is 4.05. The molecule has 18 heavy (non-hydrogen) atoms. The summed E-state index contributed by atoms with van der Waals surface area (Å²) in [6.07, 6.45) is 3.16. The Bertz CT molecular complexity index is 563. The number of hydrogen-bond donors (Lipinski definition) is 1. The van der Waals surface area contributed by atoms with Crippen LogP contribution in [-0.2, 0) is 7.05 Å². The van der Waals surface area contributed by atoms with E-state index in [1.165, 1.54) is 0 Å². The minimum atomic E-state index is -0.157. The van der Waals surface area contributed by atoms with Gasteiger partial charge in [-0.3, -0.25) is 4.79 Å². The summed E-state index contributed by atoms with van der Waals surface area (Å²) in [5, 5.41) is 2.91. The molecule has 1 heterocycles. The Labute approximate surface area is 114 Å². The summed E-state index contributed by atoms with van der Waals surface area (Å²) in [6.45, 7) is 2.02. The molecular weight excluding hydrogens is 294 g/mol. The average Bonchev–Trinajstić information content (AvgIpc) is 2.76. The monoisotopic (exact) mass is 307 g/mol. The van der Waals surface area contributed by atoms with Gasteiger partial charge in [-0.25, -0.2) is 4.98 Å². The summed E-state index contributed by atoms with van der Waals surface area (Å²) in [7, 11) is 1.79. The molecule has 0 bridgehead atoms. The molecule has 0 aliphatic carbocycles. The number of carbonyl (C=O) groups excluding carboxylic acids is 1. The van der Waals surface area contributed by atoms with Crippen molar-refractivity contribution >= 4 is 27.5 Å². The van der Waals surface area contributed by atoms with Gasteiger partial charge in [-0.1, -0.05) is 34.1 Å². The number of aryl methyl sites for hydroxylation is 1. The molecule has 0 saturated heterocycles. The van der Waals surface area contributed by atoms with E-state index < -0.39 is 0 Å². The van der Waals surface area contributed by atoms with E-state index in [-0.39, 0.29) is 10.7 Å². The number of halogens is 1. The van der Waals surface area contributed by atoms with E-state index in [1.807, 2.05) is 31.2 Å². The summed E-state index contributed by atoms with van der Waals surface area (Å²) in [5.41, 5.74) is 2.40. The Balaban J connectivity index is 2.25. The lowest BCUT2D eigenvalue weighted by Crippen LogP contribution is -2.16. The van der Waals surface area contributed by atoms with Gasteiger partial charge in [0, 0.05) is 17.6 Å². The van der Waals surface area contributed by atoms with E-state index in [1.54, 1.807) is 24.1 Å². The topological polar surface area (TPSA) is 46.9 Å². The molecule has 1 atom stereocenters. The fourth-order valence-electron chi connectivity index (χ4n) is 1.72. The molecule has 1 unspecified atom stereocenters. The Morgan fingerprint density at radius 1 is 1.44 bits per heavy atom. The van der Waals surface area contributed by atoms with Crippen LogP contribution in [0, 0.1) is 0 Å². The van der Waals surface area contributed by atoms with Gasteiger partial charge in [-0.2, -0.15) is 0 Å². The van der Waals surface area contributed by atoms with Gasteiger partial charge in [0.15, 0.2) is 0 Å². The highest BCUT2D eigenvalue weighted by Gasteiger charge is 2.13. The smallest absolute Gasteiger partial charge is 0.273 e. The van der Waals surface area contributed by atoms with Crippen molar-refractivity contribution in [2.24, 2.45) is 7.05 Å². The second-order valence-corrected chi connectivity index (χ2v) is 5.42. The molecule has 0 radical (unpaired) electrons. The highest BCUT2D eigenvalue weighted by Crippen LogP contribution is 2.28. The van der Waals surface area contributed by atoms with Crippen molar-refractivity contribution in [1.82, 2.24) is 9.55 Å². The van der Waals surface area contributed by atoms with E-state index in [2.05, 4.69) is 26.2 Å². The molecule has 1 amide bonds. The number of alkyl halides is 1. The predicted octanol–water partition coefficient (Wildman–Crippen LogP) is 3.13. The first-order valence-corrected chi connectivity index (χ1v) is 6.52. The average molecular weight is 308 g/mol. The van der Waals surface area contributed by atoms with Crippen LogP contribution in [0.5, 0.6) is 0 Å². The van der Waals surface area contributed by atoms with Crippen molar-refractivity contribution in [2.45, 2.75) is 11.8 Å². The number of imidazole rings is 1. The predicted molar refractivity (Wildman–Crippen MR) is 74.9 cm³/mol. The molecule has 1 aromatic heterocycles. The minimum Gasteiger partial charge on any atom is -0.330 e. The van der Waals surface area contributed by atoms with Gasteiger partial charge in [0.25, 0.3) is 5.91 Å². The lowest BCUT2D eigenvalue weighted by atomic mass is 10.1. The van der Waals surface area contributed by atoms with Gasteiger partial charge in [-0.05, 0) is 18.6 Å². The van der Waals surface area contributed by atoms with Gasteiger partial charge in [-0.15, -0.1) is 0 Å². The maximum absolute atomic E-state index is 12.1. The van der Waals surface area contributed by atoms with E-state index in [4.69, 9.17) is 0 Å². The quantitative estimate of drug-likeness (QED) is 0.886. The van der Waals surface area contributed by atoms with E-state index >= 15 is 0 Å². The summed E-state index contributed by atoms with van der Waals surface area (Å²) in [6, 6.07) is 7.73. The second kappa shape index (κ2) is 5.35. The standard InChI is InChI=1S/C13H14BrN3O/c1-9(14)10-5-3-4-6-11(10)16-13(18)12-7-15-8-17(12)2/h3-9H,1-2H3,(H,16,18). The highest BCUT2D eigenvalue weighted by molar-refractivity contribution is 9.09. The molecule has 0 fully saturated rings. The number of hydrogen-bond acceptors (Lipinski definition) is 2. The van der Waals surface area contributed by atoms with Gasteiger partial charge in [0.2, 0.25) is 0 Å². The van der Waals surface area contributed by atoms with Gasteiger partial charge >= 0.3 is 0 Å². The third-order valence-corrected chi connectivity index (χ3v) is 3.18. The molecule has 0 aliphatic rings. The number of anilines is 1. The molecule has 4 nitrogen and oxygen atoms in total. The largest absolute Gasteiger partial charge is 0.330 e. The Morgan fingerprint density at radius 3 is 2.78 bits per heavy atom. The number of benzene rings is 1. The Hall–Kier alpha value is -1.62. The lowest BCUT2D eigenvalue weighted by molar-refractivity contribution is 0.101. The summed E-state index contributed by atoms with van der Waals surface area (Å²) >= 11 is 3.52. The zero-order valence-corrected chi connectivity index (χ0v) is 11.8. The van der Waals surface area contributed by atoms with Crippen LogP contribution >= 0.6 is 15.9 Å². The van der Waals surface area contributed by atoms with Crippen molar-refractivity contribution in [3.63, 3.8) is 0 Å². The third kappa shape index (κ3) is 2.61. The minimum absolute atomic E-state index is 0.157. The van der Waals surface area contributed by atoms with Gasteiger partial charge < -0.3 is 9.88 Å². The van der Waals surface area contributed by atoms with Gasteiger partial charge in [0.1, 0.15) is 5.69 Å². The summed E-state index contributed by atoms with van der Waals surface area (Å²) in [4.78, 5) is 16.2. The first kappa shape index (κ1) is 12.8. The van der Waals surface area contributed by atoms with E-state index in [0.29, 0.717) is 5.69 Å². The molecule has 94 valence electrons. The molecule has 1 aromatic carbocycles. The molecule has 0 spiro atoms. The van der Waals surface area contributed by atoms with Crippen LogP contribution in [0.3, 0.4) is 0 Å². The number of para-hydroxylation sites is 1.